The minimum absolute atomic E-state index is 0.0337. The number of nitrogens with zero attached hydrogens (tertiary/aromatic N) is 1. The van der Waals surface area contributed by atoms with Crippen LogP contribution in [-0.4, -0.2) is 37.1 Å². The van der Waals surface area contributed by atoms with E-state index in [4.69, 9.17) is 9.47 Å². The average molecular weight is 408 g/mol. The molecule has 3 aromatic carbocycles. The van der Waals surface area contributed by atoms with Crippen LogP contribution < -0.4 is 10.1 Å². The molecular formula is C22H20N2O6. The van der Waals surface area contributed by atoms with Crippen LogP contribution in [0, 0.1) is 10.1 Å². The van der Waals surface area contributed by atoms with E-state index >= 15 is 0 Å². The lowest BCUT2D eigenvalue weighted by atomic mass is 10.0. The lowest BCUT2D eigenvalue weighted by Gasteiger charge is -2.18. The molecule has 0 aliphatic rings. The number of nitro groups is 1. The molecule has 8 nitrogen and oxygen atoms in total. The predicted octanol–water partition coefficient (Wildman–Crippen LogP) is 3.27. The molecular weight excluding hydrogens is 388 g/mol. The Morgan fingerprint density at radius 3 is 2.50 bits per heavy atom. The first kappa shape index (κ1) is 20.8. The van der Waals surface area contributed by atoms with Crippen LogP contribution in [0.15, 0.2) is 60.7 Å². The van der Waals surface area contributed by atoms with Gasteiger partial charge in [-0.3, -0.25) is 14.9 Å². The van der Waals surface area contributed by atoms with Gasteiger partial charge in [0.15, 0.2) is 0 Å². The van der Waals surface area contributed by atoms with Crippen molar-refractivity contribution >= 4 is 28.3 Å². The second-order valence-electron chi connectivity index (χ2n) is 6.53. The molecule has 3 aromatic rings. The summed E-state index contributed by atoms with van der Waals surface area (Å²) in [5.74, 6) is -0.752. The maximum atomic E-state index is 13.0. The average Bonchev–Trinajstić information content (AvgIpc) is 2.77. The van der Waals surface area contributed by atoms with Crippen LogP contribution in [0.5, 0.6) is 5.75 Å². The zero-order chi connectivity index (χ0) is 21.7. The number of hydrogen-bond acceptors (Lipinski definition) is 6. The third kappa shape index (κ3) is 4.38. The number of carbonyl (C=O) groups excluding carboxylic acids is 2. The van der Waals surface area contributed by atoms with Crippen molar-refractivity contribution in [1.82, 2.24) is 5.32 Å². The standard InChI is InChI=1S/C22H20N2O6/c1-29-20-11-10-16(24(27)28)12-15(20)13-19(22(26)30-2)23-21(25)18-9-5-7-14-6-3-4-8-17(14)18/h3-12,19H,13H2,1-2H3,(H,23,25)/t19-/m1/s1. The van der Waals surface area contributed by atoms with Crippen molar-refractivity contribution in [1.29, 1.82) is 0 Å². The summed E-state index contributed by atoms with van der Waals surface area (Å²) in [4.78, 5) is 35.9. The van der Waals surface area contributed by atoms with E-state index in [1.54, 1.807) is 12.1 Å². The van der Waals surface area contributed by atoms with Crippen LogP contribution in [-0.2, 0) is 16.0 Å². The molecule has 0 saturated carbocycles. The lowest BCUT2D eigenvalue weighted by molar-refractivity contribution is -0.384. The molecule has 0 radical (unpaired) electrons. The van der Waals surface area contributed by atoms with Crippen molar-refractivity contribution in [3.63, 3.8) is 0 Å². The van der Waals surface area contributed by atoms with Crippen molar-refractivity contribution in [2.75, 3.05) is 14.2 Å². The summed E-state index contributed by atoms with van der Waals surface area (Å²) >= 11 is 0. The number of methoxy groups -OCH3 is 2. The molecule has 0 spiro atoms. The lowest BCUT2D eigenvalue weighted by Crippen LogP contribution is -2.43. The number of non-ortho nitro benzene ring substituents is 1. The molecule has 0 unspecified atom stereocenters. The largest absolute Gasteiger partial charge is 0.496 e. The van der Waals surface area contributed by atoms with Gasteiger partial charge < -0.3 is 14.8 Å². The van der Waals surface area contributed by atoms with E-state index in [2.05, 4.69) is 5.32 Å². The Bertz CT molecular complexity index is 1110. The summed E-state index contributed by atoms with van der Waals surface area (Å²) in [6.07, 6.45) is -0.0337. The number of nitrogens with one attached hydrogen (secondary N) is 1. The number of ether oxygens (including phenoxy) is 2. The normalized spacial score (nSPS) is 11.5. The van der Waals surface area contributed by atoms with Gasteiger partial charge in [0, 0.05) is 29.7 Å². The number of rotatable bonds is 7. The number of nitro benzene ring substituents is 1. The Morgan fingerprint density at radius 2 is 1.80 bits per heavy atom. The van der Waals surface area contributed by atoms with Crippen molar-refractivity contribution in [2.24, 2.45) is 0 Å². The maximum absolute atomic E-state index is 13.0. The number of hydrogen-bond donors (Lipinski definition) is 1. The highest BCUT2D eigenvalue weighted by Crippen LogP contribution is 2.26. The fraction of sp³-hybridized carbons (Fsp3) is 0.182. The predicted molar refractivity (Wildman–Crippen MR) is 111 cm³/mol. The fourth-order valence-electron chi connectivity index (χ4n) is 3.25. The molecule has 1 atom stereocenters. The Balaban J connectivity index is 1.92. The second-order valence-corrected chi connectivity index (χ2v) is 6.53. The highest BCUT2D eigenvalue weighted by Gasteiger charge is 2.25. The van der Waals surface area contributed by atoms with Crippen molar-refractivity contribution in [3.8, 4) is 5.75 Å². The third-order valence-corrected chi connectivity index (χ3v) is 4.72. The molecule has 3 rings (SSSR count). The van der Waals surface area contributed by atoms with Gasteiger partial charge in [-0.25, -0.2) is 4.79 Å². The summed E-state index contributed by atoms with van der Waals surface area (Å²) in [7, 11) is 2.64. The van der Waals surface area contributed by atoms with Crippen LogP contribution >= 0.6 is 0 Å². The fourth-order valence-corrected chi connectivity index (χ4v) is 3.25. The number of esters is 1. The van der Waals surface area contributed by atoms with E-state index in [0.29, 0.717) is 16.9 Å². The van der Waals surface area contributed by atoms with Gasteiger partial charge in [-0.15, -0.1) is 0 Å². The first-order chi connectivity index (χ1) is 14.4. The quantitative estimate of drug-likeness (QED) is 0.365. The monoisotopic (exact) mass is 408 g/mol. The summed E-state index contributed by atoms with van der Waals surface area (Å²) < 4.78 is 10.1. The molecule has 0 saturated heterocycles. The Hall–Kier alpha value is -3.94. The topological polar surface area (TPSA) is 108 Å². The van der Waals surface area contributed by atoms with Crippen LogP contribution in [0.2, 0.25) is 0 Å². The molecule has 8 heteroatoms. The number of fused-ring (bicyclic) bond motifs is 1. The second kappa shape index (κ2) is 9.04. The van der Waals surface area contributed by atoms with Gasteiger partial charge in [-0.05, 0) is 22.9 Å². The highest BCUT2D eigenvalue weighted by atomic mass is 16.6. The van der Waals surface area contributed by atoms with Gasteiger partial charge in [0.1, 0.15) is 11.8 Å². The highest BCUT2D eigenvalue weighted by molar-refractivity contribution is 6.08. The first-order valence-electron chi connectivity index (χ1n) is 9.12. The van der Waals surface area contributed by atoms with Crippen LogP contribution in [0.3, 0.4) is 0 Å². The van der Waals surface area contributed by atoms with E-state index < -0.39 is 22.8 Å². The maximum Gasteiger partial charge on any atom is 0.328 e. The van der Waals surface area contributed by atoms with Gasteiger partial charge in [-0.2, -0.15) is 0 Å². The van der Waals surface area contributed by atoms with E-state index in [0.717, 1.165) is 10.8 Å². The summed E-state index contributed by atoms with van der Waals surface area (Å²) in [6, 6.07) is 15.7. The molecule has 0 aromatic heterocycles. The molecule has 0 heterocycles. The smallest absolute Gasteiger partial charge is 0.328 e. The van der Waals surface area contributed by atoms with E-state index in [9.17, 15) is 19.7 Å². The molecule has 0 fully saturated rings. The molecule has 0 aliphatic carbocycles. The van der Waals surface area contributed by atoms with Crippen molar-refractivity contribution in [3.05, 3.63) is 81.9 Å². The summed E-state index contributed by atoms with van der Waals surface area (Å²) in [5, 5.41) is 15.4. The molecule has 0 bridgehead atoms. The molecule has 30 heavy (non-hydrogen) atoms. The van der Waals surface area contributed by atoms with Crippen LogP contribution in [0.1, 0.15) is 15.9 Å². The van der Waals surface area contributed by atoms with E-state index in [1.165, 1.54) is 32.4 Å². The zero-order valence-electron chi connectivity index (χ0n) is 16.5. The van der Waals surface area contributed by atoms with Crippen LogP contribution in [0.25, 0.3) is 10.8 Å². The van der Waals surface area contributed by atoms with Gasteiger partial charge in [0.2, 0.25) is 0 Å². The number of carbonyl (C=O) groups is 2. The number of benzene rings is 3. The van der Waals surface area contributed by atoms with E-state index in [-0.39, 0.29) is 12.1 Å². The summed E-state index contributed by atoms with van der Waals surface area (Å²) in [6.45, 7) is 0. The SMILES string of the molecule is COC(=O)[C@@H](Cc1cc([N+](=O)[O-])ccc1OC)NC(=O)c1cccc2ccccc12. The molecule has 154 valence electrons. The van der Waals surface area contributed by atoms with Crippen LogP contribution in [0.4, 0.5) is 5.69 Å². The van der Waals surface area contributed by atoms with Crippen molar-refractivity contribution in [2.45, 2.75) is 12.5 Å². The molecule has 1 amide bonds. The van der Waals surface area contributed by atoms with Gasteiger partial charge in [-0.1, -0.05) is 36.4 Å². The minimum Gasteiger partial charge on any atom is -0.496 e. The molecule has 1 N–H and O–H groups in total. The summed E-state index contributed by atoms with van der Waals surface area (Å²) in [5.41, 5.74) is 0.670. The Labute approximate surface area is 172 Å². The minimum atomic E-state index is -1.06. The van der Waals surface area contributed by atoms with E-state index in [1.807, 2.05) is 30.3 Å². The first-order valence-corrected chi connectivity index (χ1v) is 9.12. The van der Waals surface area contributed by atoms with Gasteiger partial charge in [0.25, 0.3) is 11.6 Å². The Morgan fingerprint density at radius 1 is 1.07 bits per heavy atom. The molecule has 0 aliphatic heterocycles. The number of amides is 1. The van der Waals surface area contributed by atoms with Crippen molar-refractivity contribution < 1.29 is 24.0 Å². The van der Waals surface area contributed by atoms with Gasteiger partial charge in [0.05, 0.1) is 19.1 Å². The zero-order valence-corrected chi connectivity index (χ0v) is 16.5. The third-order valence-electron chi connectivity index (χ3n) is 4.72. The Kier molecular flexibility index (Phi) is 6.26. The van der Waals surface area contributed by atoms with Gasteiger partial charge >= 0.3 is 5.97 Å².